The van der Waals surface area contributed by atoms with Crippen LogP contribution in [0, 0.1) is 18.8 Å². The van der Waals surface area contributed by atoms with Gasteiger partial charge in [0, 0.05) is 18.2 Å². The normalized spacial score (nSPS) is 29.4. The first kappa shape index (κ1) is 17.9. The first-order valence-corrected chi connectivity index (χ1v) is 9.54. The molecule has 0 unspecified atom stereocenters. The van der Waals surface area contributed by atoms with Gasteiger partial charge < -0.3 is 19.3 Å². The number of fused-ring (bicyclic) bond motifs is 1. The number of aromatic nitrogens is 1. The van der Waals surface area contributed by atoms with Crippen LogP contribution in [0.1, 0.15) is 11.3 Å². The molecule has 2 fully saturated rings. The molecule has 2 bridgehead atoms. The van der Waals surface area contributed by atoms with E-state index in [1.54, 1.807) is 25.0 Å². The van der Waals surface area contributed by atoms with Crippen molar-refractivity contribution in [2.75, 3.05) is 18.6 Å². The fraction of sp³-hybridized carbons (Fsp3) is 0.381. The summed E-state index contributed by atoms with van der Waals surface area (Å²) < 4.78 is 16.6. The van der Waals surface area contributed by atoms with Gasteiger partial charge in [-0.15, -0.1) is 0 Å². The van der Waals surface area contributed by atoms with Crippen molar-refractivity contribution in [1.29, 1.82) is 0 Å². The predicted molar refractivity (Wildman–Crippen MR) is 102 cm³/mol. The van der Waals surface area contributed by atoms with Crippen molar-refractivity contribution >= 4 is 17.6 Å². The number of carbonyl (C=O) groups excluding carboxylic acids is 2. The molecule has 4 heterocycles. The standard InChI is InChI=1S/C21H21N3O5/c1-12-9-16(23-29-12)24-11-21-8-7-15(28-21)17(18(21)20(24)26)19(25)22-10-13-5-3-4-6-14(13)27-2/h3-9,15,17-18H,10-11H2,1-2H3,(H,22,25)/t15-,17-,18-,21+/m0/s1. The van der Waals surface area contributed by atoms with E-state index in [9.17, 15) is 9.59 Å². The van der Waals surface area contributed by atoms with E-state index in [1.807, 2.05) is 36.4 Å². The largest absolute Gasteiger partial charge is 0.496 e. The Hall–Kier alpha value is -3.13. The van der Waals surface area contributed by atoms with Crippen molar-refractivity contribution in [2.45, 2.75) is 25.2 Å². The molecular formula is C21H21N3O5. The zero-order valence-corrected chi connectivity index (χ0v) is 16.1. The van der Waals surface area contributed by atoms with Gasteiger partial charge in [0.05, 0.1) is 31.6 Å². The summed E-state index contributed by atoms with van der Waals surface area (Å²) in [5, 5.41) is 6.91. The molecule has 3 aliphatic heterocycles. The maximum Gasteiger partial charge on any atom is 0.235 e. The lowest BCUT2D eigenvalue weighted by molar-refractivity contribution is -0.132. The van der Waals surface area contributed by atoms with Gasteiger partial charge in [0.1, 0.15) is 17.1 Å². The summed E-state index contributed by atoms with van der Waals surface area (Å²) in [5.41, 5.74) is 0.0799. The smallest absolute Gasteiger partial charge is 0.235 e. The van der Waals surface area contributed by atoms with Crippen molar-refractivity contribution in [3.05, 3.63) is 53.8 Å². The number of nitrogens with one attached hydrogen (secondary N) is 1. The van der Waals surface area contributed by atoms with Crippen LogP contribution in [0.4, 0.5) is 5.82 Å². The summed E-state index contributed by atoms with van der Waals surface area (Å²) in [6.07, 6.45) is 3.40. The molecule has 8 nitrogen and oxygen atoms in total. The number of benzene rings is 1. The Balaban J connectivity index is 1.37. The highest BCUT2D eigenvalue weighted by Gasteiger charge is 2.67. The van der Waals surface area contributed by atoms with Crippen molar-refractivity contribution in [3.8, 4) is 5.75 Å². The van der Waals surface area contributed by atoms with Gasteiger partial charge in [0.15, 0.2) is 5.82 Å². The molecule has 29 heavy (non-hydrogen) atoms. The second kappa shape index (κ2) is 6.45. The van der Waals surface area contributed by atoms with E-state index in [-0.39, 0.29) is 11.8 Å². The van der Waals surface area contributed by atoms with E-state index in [1.165, 1.54) is 0 Å². The number of hydrogen-bond donors (Lipinski definition) is 1. The van der Waals surface area contributed by atoms with Crippen molar-refractivity contribution in [1.82, 2.24) is 10.5 Å². The average Bonchev–Trinajstić information content (AvgIpc) is 3.47. The van der Waals surface area contributed by atoms with Gasteiger partial charge in [-0.2, -0.15) is 0 Å². The number of hydrogen-bond acceptors (Lipinski definition) is 6. The molecule has 3 aliphatic rings. The van der Waals surface area contributed by atoms with Crippen molar-refractivity contribution in [3.63, 3.8) is 0 Å². The maximum atomic E-state index is 13.2. The Bertz CT molecular complexity index is 1020. The van der Waals surface area contributed by atoms with Crippen LogP contribution in [0.5, 0.6) is 5.75 Å². The number of aryl methyl sites for hydroxylation is 1. The molecule has 2 aromatic rings. The fourth-order valence-electron chi connectivity index (χ4n) is 4.62. The minimum Gasteiger partial charge on any atom is -0.496 e. The van der Waals surface area contributed by atoms with Gasteiger partial charge in [-0.25, -0.2) is 0 Å². The molecule has 2 saturated heterocycles. The van der Waals surface area contributed by atoms with E-state index in [0.29, 0.717) is 30.4 Å². The molecule has 0 saturated carbocycles. The highest BCUT2D eigenvalue weighted by Crippen LogP contribution is 2.52. The Morgan fingerprint density at radius 1 is 1.41 bits per heavy atom. The lowest BCUT2D eigenvalue weighted by Crippen LogP contribution is -2.44. The highest BCUT2D eigenvalue weighted by atomic mass is 16.5. The topological polar surface area (TPSA) is 93.9 Å². The summed E-state index contributed by atoms with van der Waals surface area (Å²) in [4.78, 5) is 27.8. The van der Waals surface area contributed by atoms with Gasteiger partial charge in [-0.05, 0) is 13.0 Å². The van der Waals surface area contributed by atoms with Gasteiger partial charge >= 0.3 is 0 Å². The summed E-state index contributed by atoms with van der Waals surface area (Å²) >= 11 is 0. The van der Waals surface area contributed by atoms with Crippen LogP contribution in [0.3, 0.4) is 0 Å². The summed E-state index contributed by atoms with van der Waals surface area (Å²) in [6, 6.07) is 9.22. The van der Waals surface area contributed by atoms with Crippen LogP contribution in [-0.2, 0) is 20.9 Å². The minimum atomic E-state index is -0.791. The van der Waals surface area contributed by atoms with Crippen LogP contribution in [0.2, 0.25) is 0 Å². The molecular weight excluding hydrogens is 374 g/mol. The molecule has 4 atom stereocenters. The molecule has 8 heteroatoms. The third-order valence-corrected chi connectivity index (χ3v) is 5.94. The number of nitrogens with zero attached hydrogens (tertiary/aromatic N) is 2. The molecule has 1 aromatic carbocycles. The monoisotopic (exact) mass is 395 g/mol. The predicted octanol–water partition coefficient (Wildman–Crippen LogP) is 1.59. The van der Waals surface area contributed by atoms with Crippen molar-refractivity contribution < 1.29 is 23.6 Å². The lowest BCUT2D eigenvalue weighted by Gasteiger charge is -2.23. The van der Waals surface area contributed by atoms with Crippen LogP contribution in [0.15, 0.2) is 47.0 Å². The second-order valence-corrected chi connectivity index (χ2v) is 7.65. The molecule has 150 valence electrons. The average molecular weight is 395 g/mol. The van der Waals surface area contributed by atoms with Crippen molar-refractivity contribution in [2.24, 2.45) is 11.8 Å². The fourth-order valence-corrected chi connectivity index (χ4v) is 4.62. The van der Waals surface area contributed by atoms with Crippen LogP contribution < -0.4 is 15.0 Å². The Labute approximate surface area is 167 Å². The number of methoxy groups -OCH3 is 1. The molecule has 5 rings (SSSR count). The van der Waals surface area contributed by atoms with E-state index in [2.05, 4.69) is 10.5 Å². The zero-order chi connectivity index (χ0) is 20.2. The summed E-state index contributed by atoms with van der Waals surface area (Å²) in [6.45, 7) is 2.41. The van der Waals surface area contributed by atoms with Gasteiger partial charge in [-0.1, -0.05) is 35.5 Å². The zero-order valence-electron chi connectivity index (χ0n) is 16.1. The molecule has 1 N–H and O–H groups in total. The van der Waals surface area contributed by atoms with Gasteiger partial charge in [0.25, 0.3) is 0 Å². The molecule has 0 aliphatic carbocycles. The summed E-state index contributed by atoms with van der Waals surface area (Å²) in [5.74, 6) is 0.246. The maximum absolute atomic E-state index is 13.2. The third kappa shape index (κ3) is 2.66. The molecule has 2 amide bonds. The van der Waals surface area contributed by atoms with Crippen LogP contribution >= 0.6 is 0 Å². The van der Waals surface area contributed by atoms with E-state index < -0.39 is 23.5 Å². The lowest BCUT2D eigenvalue weighted by atomic mass is 9.77. The summed E-state index contributed by atoms with van der Waals surface area (Å²) in [7, 11) is 1.59. The highest BCUT2D eigenvalue weighted by molar-refractivity contribution is 6.02. The van der Waals surface area contributed by atoms with Crippen LogP contribution in [-0.4, -0.2) is 42.3 Å². The first-order valence-electron chi connectivity index (χ1n) is 9.54. The van der Waals surface area contributed by atoms with Crippen LogP contribution in [0.25, 0.3) is 0 Å². The number of rotatable bonds is 5. The molecule has 1 spiro atoms. The number of ether oxygens (including phenoxy) is 2. The first-order chi connectivity index (χ1) is 14.0. The van der Waals surface area contributed by atoms with Gasteiger partial charge in [0.2, 0.25) is 11.8 Å². The molecule has 1 aromatic heterocycles. The molecule has 0 radical (unpaired) electrons. The van der Waals surface area contributed by atoms with E-state index in [0.717, 1.165) is 5.56 Å². The van der Waals surface area contributed by atoms with E-state index in [4.69, 9.17) is 14.0 Å². The van der Waals surface area contributed by atoms with Gasteiger partial charge in [-0.3, -0.25) is 14.5 Å². The van der Waals surface area contributed by atoms with E-state index >= 15 is 0 Å². The number of amides is 2. The number of carbonyl (C=O) groups is 2. The Morgan fingerprint density at radius 3 is 3.00 bits per heavy atom. The Morgan fingerprint density at radius 2 is 2.24 bits per heavy atom. The SMILES string of the molecule is COc1ccccc1CNC(=O)[C@H]1[C@@H]2C=C[C@]3(CN(c4cc(C)on4)C(=O)[C@H]13)O2. The second-order valence-electron chi connectivity index (χ2n) is 7.65. The minimum absolute atomic E-state index is 0.164. The number of anilines is 1. The Kier molecular flexibility index (Phi) is 3.99. The quantitative estimate of drug-likeness (QED) is 0.773. The third-order valence-electron chi connectivity index (χ3n) is 5.94. The number of para-hydroxylation sites is 1.